The molecule has 2 atom stereocenters. The molecule has 98 valence electrons. The number of ketones is 1. The second-order valence-electron chi connectivity index (χ2n) is 4.64. The third-order valence-corrected chi connectivity index (χ3v) is 5.19. The van der Waals surface area contributed by atoms with Crippen molar-refractivity contribution in [3.63, 3.8) is 0 Å². The van der Waals surface area contributed by atoms with Crippen LogP contribution in [0.5, 0.6) is 0 Å². The van der Waals surface area contributed by atoms with Gasteiger partial charge in [0.2, 0.25) is 10.0 Å². The van der Waals surface area contributed by atoms with Crippen molar-refractivity contribution in [2.45, 2.75) is 37.5 Å². The van der Waals surface area contributed by atoms with Crippen LogP contribution in [0.4, 0.5) is 0 Å². The van der Waals surface area contributed by atoms with Gasteiger partial charge in [0, 0.05) is 12.5 Å². The molecule has 1 saturated carbocycles. The van der Waals surface area contributed by atoms with Crippen molar-refractivity contribution in [3.8, 4) is 0 Å². The third-order valence-electron chi connectivity index (χ3n) is 3.26. The summed E-state index contributed by atoms with van der Waals surface area (Å²) in [6, 6.07) is 9.02. The van der Waals surface area contributed by atoms with Gasteiger partial charge < -0.3 is 0 Å². The number of sulfonamides is 1. The predicted octanol–water partition coefficient (Wildman–Crippen LogP) is 1.79. The van der Waals surface area contributed by atoms with Gasteiger partial charge in [-0.25, -0.2) is 13.1 Å². The third kappa shape index (κ3) is 2.79. The highest BCUT2D eigenvalue weighted by Gasteiger charge is 2.36. The monoisotopic (exact) mass is 267 g/mol. The Labute approximate surface area is 107 Å². The van der Waals surface area contributed by atoms with Crippen molar-refractivity contribution in [1.29, 1.82) is 0 Å². The maximum absolute atomic E-state index is 12.1. The first kappa shape index (κ1) is 13.2. The first-order chi connectivity index (χ1) is 8.50. The van der Waals surface area contributed by atoms with Crippen molar-refractivity contribution in [2.24, 2.45) is 0 Å². The Morgan fingerprint density at radius 2 is 1.94 bits per heavy atom. The topological polar surface area (TPSA) is 63.2 Å². The van der Waals surface area contributed by atoms with Gasteiger partial charge in [-0.3, -0.25) is 4.79 Å². The van der Waals surface area contributed by atoms with Crippen LogP contribution in [0.2, 0.25) is 0 Å². The van der Waals surface area contributed by atoms with Crippen LogP contribution >= 0.6 is 0 Å². The minimum atomic E-state index is -3.56. The van der Waals surface area contributed by atoms with Crippen molar-refractivity contribution >= 4 is 15.8 Å². The van der Waals surface area contributed by atoms with Crippen LogP contribution in [0.1, 0.15) is 37.8 Å². The molecule has 0 aliphatic heterocycles. The lowest BCUT2D eigenvalue weighted by Gasteiger charge is -2.17. The summed E-state index contributed by atoms with van der Waals surface area (Å²) in [5.41, 5.74) is 0.895. The predicted molar refractivity (Wildman–Crippen MR) is 69.6 cm³/mol. The summed E-state index contributed by atoms with van der Waals surface area (Å²) in [5, 5.41) is -0.858. The summed E-state index contributed by atoms with van der Waals surface area (Å²) >= 11 is 0. The molecule has 4 nitrogen and oxygen atoms in total. The Kier molecular flexibility index (Phi) is 3.82. The number of carbonyl (C=O) groups is 1. The van der Waals surface area contributed by atoms with Gasteiger partial charge in [0.15, 0.2) is 5.78 Å². The quantitative estimate of drug-likeness (QED) is 0.904. The molecule has 1 aliphatic rings. The van der Waals surface area contributed by atoms with Crippen LogP contribution < -0.4 is 4.72 Å². The molecule has 1 unspecified atom stereocenters. The van der Waals surface area contributed by atoms with E-state index in [0.717, 1.165) is 5.56 Å². The van der Waals surface area contributed by atoms with Crippen molar-refractivity contribution < 1.29 is 13.2 Å². The molecule has 0 aromatic heterocycles. The minimum absolute atomic E-state index is 0.164. The molecule has 1 fully saturated rings. The molecule has 0 amide bonds. The lowest BCUT2D eigenvalue weighted by Crippen LogP contribution is -2.38. The molecule has 1 aromatic carbocycles. The maximum Gasteiger partial charge on any atom is 0.222 e. The van der Waals surface area contributed by atoms with Crippen LogP contribution in [-0.4, -0.2) is 19.5 Å². The Hall–Kier alpha value is -1.20. The van der Waals surface area contributed by atoms with E-state index < -0.39 is 15.3 Å². The zero-order valence-corrected chi connectivity index (χ0v) is 11.1. The molecule has 1 aromatic rings. The number of benzene rings is 1. The number of carbonyl (C=O) groups excluding carboxylic acids is 1. The smallest absolute Gasteiger partial charge is 0.222 e. The Morgan fingerprint density at radius 3 is 2.50 bits per heavy atom. The summed E-state index contributed by atoms with van der Waals surface area (Å²) < 4.78 is 26.8. The van der Waals surface area contributed by atoms with Gasteiger partial charge in [-0.1, -0.05) is 30.3 Å². The van der Waals surface area contributed by atoms with E-state index in [0.29, 0.717) is 19.3 Å². The molecule has 0 radical (unpaired) electrons. The SMILES string of the molecule is C[C@@H](NS(=O)(=O)C1CCCC1=O)c1ccccc1. The largest absolute Gasteiger partial charge is 0.298 e. The van der Waals surface area contributed by atoms with Gasteiger partial charge in [-0.2, -0.15) is 0 Å². The molecule has 0 saturated heterocycles. The lowest BCUT2D eigenvalue weighted by molar-refractivity contribution is -0.117. The molecule has 18 heavy (non-hydrogen) atoms. The van der Waals surface area contributed by atoms with Gasteiger partial charge >= 0.3 is 0 Å². The first-order valence-electron chi connectivity index (χ1n) is 6.09. The molecular weight excluding hydrogens is 250 g/mol. The van der Waals surface area contributed by atoms with E-state index in [-0.39, 0.29) is 11.8 Å². The normalized spacial score (nSPS) is 22.1. The van der Waals surface area contributed by atoms with Gasteiger partial charge in [0.1, 0.15) is 5.25 Å². The zero-order chi connectivity index (χ0) is 13.2. The van der Waals surface area contributed by atoms with Crippen molar-refractivity contribution in [3.05, 3.63) is 35.9 Å². The van der Waals surface area contributed by atoms with Gasteiger partial charge in [0.05, 0.1) is 0 Å². The van der Waals surface area contributed by atoms with E-state index in [1.165, 1.54) is 0 Å². The Morgan fingerprint density at radius 1 is 1.28 bits per heavy atom. The molecule has 0 spiro atoms. The fourth-order valence-electron chi connectivity index (χ4n) is 2.25. The molecule has 1 N–H and O–H groups in total. The lowest BCUT2D eigenvalue weighted by atomic mass is 10.1. The second kappa shape index (κ2) is 5.20. The molecule has 1 aliphatic carbocycles. The zero-order valence-electron chi connectivity index (χ0n) is 10.3. The highest BCUT2D eigenvalue weighted by atomic mass is 32.2. The summed E-state index contributed by atoms with van der Waals surface area (Å²) in [5.74, 6) is -0.164. The van der Waals surface area contributed by atoms with Gasteiger partial charge in [-0.15, -0.1) is 0 Å². The van der Waals surface area contributed by atoms with Crippen molar-refractivity contribution in [1.82, 2.24) is 4.72 Å². The highest BCUT2D eigenvalue weighted by Crippen LogP contribution is 2.23. The standard InChI is InChI=1S/C13H17NO3S/c1-10(11-6-3-2-4-7-11)14-18(16,17)13-9-5-8-12(13)15/h2-4,6-7,10,13-14H,5,8-9H2,1H3/t10-,13?/m1/s1. The van der Waals surface area contributed by atoms with E-state index >= 15 is 0 Å². The Bertz CT molecular complexity index is 524. The number of hydrogen-bond donors (Lipinski definition) is 1. The fraction of sp³-hybridized carbons (Fsp3) is 0.462. The molecule has 5 heteroatoms. The highest BCUT2D eigenvalue weighted by molar-refractivity contribution is 7.90. The van der Waals surface area contributed by atoms with E-state index in [2.05, 4.69) is 4.72 Å². The first-order valence-corrected chi connectivity index (χ1v) is 7.64. The van der Waals surface area contributed by atoms with E-state index in [1.54, 1.807) is 6.92 Å². The number of rotatable bonds is 4. The van der Waals surface area contributed by atoms with Crippen LogP contribution in [0.3, 0.4) is 0 Å². The summed E-state index contributed by atoms with van der Waals surface area (Å²) in [6.07, 6.45) is 1.49. The van der Waals surface area contributed by atoms with E-state index in [4.69, 9.17) is 0 Å². The second-order valence-corrected chi connectivity index (χ2v) is 6.54. The summed E-state index contributed by atoms with van der Waals surface area (Å²) in [4.78, 5) is 11.5. The van der Waals surface area contributed by atoms with Crippen LogP contribution in [0.25, 0.3) is 0 Å². The van der Waals surface area contributed by atoms with Crippen LogP contribution in [0.15, 0.2) is 30.3 Å². The van der Waals surface area contributed by atoms with E-state index in [9.17, 15) is 13.2 Å². The number of nitrogens with one attached hydrogen (secondary N) is 1. The molecule has 0 bridgehead atoms. The summed E-state index contributed by atoms with van der Waals surface area (Å²) in [7, 11) is -3.56. The molecular formula is C13H17NO3S. The average Bonchev–Trinajstić information content (AvgIpc) is 2.77. The van der Waals surface area contributed by atoms with Crippen LogP contribution in [0, 0.1) is 0 Å². The molecule has 0 heterocycles. The summed E-state index contributed by atoms with van der Waals surface area (Å²) in [6.45, 7) is 1.78. The average molecular weight is 267 g/mol. The minimum Gasteiger partial charge on any atom is -0.298 e. The fourth-order valence-corrected chi connectivity index (χ4v) is 3.98. The Balaban J connectivity index is 2.11. The number of Topliss-reactive ketones (excluding diaryl/α,β-unsaturated/α-hetero) is 1. The van der Waals surface area contributed by atoms with E-state index in [1.807, 2.05) is 30.3 Å². The number of hydrogen-bond acceptors (Lipinski definition) is 3. The van der Waals surface area contributed by atoms with Crippen molar-refractivity contribution in [2.75, 3.05) is 0 Å². The molecule has 2 rings (SSSR count). The van der Waals surface area contributed by atoms with Gasteiger partial charge in [-0.05, 0) is 25.3 Å². The van der Waals surface area contributed by atoms with Crippen LogP contribution in [-0.2, 0) is 14.8 Å². The van der Waals surface area contributed by atoms with Gasteiger partial charge in [0.25, 0.3) is 0 Å². The maximum atomic E-state index is 12.1.